The fraction of sp³-hybridized carbons (Fsp3) is 0.326. The Morgan fingerprint density at radius 1 is 0.496 bits per heavy atom. The van der Waals surface area contributed by atoms with Crippen LogP contribution >= 0.6 is 0 Å². The zero-order valence-corrected chi connectivity index (χ0v) is 65.1. The van der Waals surface area contributed by atoms with Gasteiger partial charge in [-0.25, -0.2) is 14.4 Å². The number of carbonyl (C=O) groups excluding carboxylic acids is 9. The van der Waals surface area contributed by atoms with E-state index in [1.54, 1.807) is 67.6 Å². The maximum Gasteiger partial charge on any atom is 0.359 e. The van der Waals surface area contributed by atoms with Gasteiger partial charge in [-0.15, -0.1) is 0 Å². The van der Waals surface area contributed by atoms with Gasteiger partial charge in [0.1, 0.15) is 30.5 Å². The normalized spacial score (nSPS) is 14.9. The molecule has 3 amide bonds. The number of aliphatic hydroxyl groups excluding tert-OH is 3. The molecule has 0 saturated carbocycles. The summed E-state index contributed by atoms with van der Waals surface area (Å²) in [6, 6.07) is 71.0. The van der Waals surface area contributed by atoms with Crippen LogP contribution in [0.15, 0.2) is 224 Å². The fourth-order valence-electron chi connectivity index (χ4n) is 11.1. The van der Waals surface area contributed by atoms with E-state index in [0.717, 1.165) is 100 Å². The summed E-state index contributed by atoms with van der Waals surface area (Å²) in [5.41, 5.74) is 8.21. The third-order valence-electron chi connectivity index (χ3n) is 17.1. The van der Waals surface area contributed by atoms with Crippen LogP contribution in [0.25, 0.3) is 0 Å². The second kappa shape index (κ2) is 49.8. The molecule has 8 aromatic rings. The number of esters is 6. The Morgan fingerprint density at radius 2 is 0.904 bits per heavy atom. The van der Waals surface area contributed by atoms with Gasteiger partial charge in [-0.2, -0.15) is 0 Å². The molecule has 29 nitrogen and oxygen atoms in total. The van der Waals surface area contributed by atoms with Crippen molar-refractivity contribution in [1.82, 2.24) is 25.8 Å². The Balaban J connectivity index is 0.000000234. The van der Waals surface area contributed by atoms with Gasteiger partial charge in [-0.1, -0.05) is 171 Å². The van der Waals surface area contributed by atoms with Gasteiger partial charge in [-0.3, -0.25) is 33.6 Å². The molecule has 8 N–H and O–H groups in total. The Labute approximate surface area is 668 Å². The van der Waals surface area contributed by atoms with E-state index in [0.29, 0.717) is 56.6 Å². The van der Waals surface area contributed by atoms with Gasteiger partial charge < -0.3 is 94.2 Å². The summed E-state index contributed by atoms with van der Waals surface area (Å²) in [6.45, 7) is 17.7. The monoisotopic (exact) mass is 1580 g/mol. The van der Waals surface area contributed by atoms with Crippen LogP contribution < -0.4 is 35.2 Å². The van der Waals surface area contributed by atoms with E-state index in [-0.39, 0.29) is 26.2 Å². The van der Waals surface area contributed by atoms with Crippen LogP contribution in [0.3, 0.4) is 0 Å². The number of amides is 3. The third kappa shape index (κ3) is 33.0. The van der Waals surface area contributed by atoms with Crippen LogP contribution in [0.4, 0.5) is 11.4 Å². The maximum absolute atomic E-state index is 13.0. The van der Waals surface area contributed by atoms with Crippen LogP contribution in [0.2, 0.25) is 0 Å². The van der Waals surface area contributed by atoms with E-state index in [2.05, 4.69) is 77.2 Å². The number of rotatable bonds is 27. The first kappa shape index (κ1) is 91.3. The molecule has 3 heterocycles. The van der Waals surface area contributed by atoms with E-state index in [9.17, 15) is 63.3 Å². The summed E-state index contributed by atoms with van der Waals surface area (Å²) in [5.74, 6) is -7.58. The lowest BCUT2D eigenvalue weighted by molar-refractivity contribution is -0.183. The van der Waals surface area contributed by atoms with Crippen molar-refractivity contribution >= 4 is 70.9 Å². The van der Waals surface area contributed by atoms with Crippen LogP contribution in [0, 0.1) is 0 Å². The van der Waals surface area contributed by atoms with Crippen LogP contribution in [0.5, 0.6) is 17.2 Å². The number of hydrogen-bond donors (Lipinski definition) is 8. The molecule has 0 bridgehead atoms. The van der Waals surface area contributed by atoms with Crippen molar-refractivity contribution in [3.63, 3.8) is 0 Å². The molecule has 8 aromatic carbocycles. The quantitative estimate of drug-likeness (QED) is 0.0143. The number of anilines is 2. The molecular weight excluding hydrogens is 1480 g/mol. The van der Waals surface area contributed by atoms with Crippen molar-refractivity contribution in [1.29, 1.82) is 0 Å². The van der Waals surface area contributed by atoms with E-state index < -0.39 is 96.1 Å². The van der Waals surface area contributed by atoms with Crippen LogP contribution in [0.1, 0.15) is 74.9 Å². The molecular formula is C86H101N7O22. The van der Waals surface area contributed by atoms with Crippen LogP contribution in [-0.4, -0.2) is 197 Å². The number of aliphatic hydroxyl groups is 3. The van der Waals surface area contributed by atoms with Crippen molar-refractivity contribution in [3.8, 4) is 17.2 Å². The minimum Gasteiger partial charge on any atom is -0.508 e. The number of carboxylic acid groups (broad SMARTS) is 1. The molecule has 3 fully saturated rings. The lowest BCUT2D eigenvalue weighted by atomic mass is 10.1. The zero-order valence-electron chi connectivity index (χ0n) is 65.1. The molecule has 3 aliphatic heterocycles. The van der Waals surface area contributed by atoms with Gasteiger partial charge in [0.05, 0.1) is 6.61 Å². The number of para-hydroxylation sites is 2. The highest BCUT2D eigenvalue weighted by Crippen LogP contribution is 2.22. The molecule has 3 saturated heterocycles. The average Bonchev–Trinajstić information content (AvgIpc) is 1.73. The molecule has 115 heavy (non-hydrogen) atoms. The average molecular weight is 1580 g/mol. The number of phenols is 1. The first-order valence-electron chi connectivity index (χ1n) is 37.2. The number of piperazine rings is 2. The Morgan fingerprint density at radius 3 is 1.31 bits per heavy atom. The second-order valence-electron chi connectivity index (χ2n) is 25.8. The molecule has 29 heteroatoms. The molecule has 11 rings (SSSR count). The van der Waals surface area contributed by atoms with E-state index in [4.69, 9.17) is 29.2 Å². The summed E-state index contributed by atoms with van der Waals surface area (Å²) in [7, 11) is 0. The number of nitrogens with one attached hydrogen (secondary N) is 3. The SMILES string of the molecule is CC(=O)O[C@H]1C(=O)OC(=O)[C@@H]1OC(C)=O.CCN(Cc1ccc(OCc2ccccc2)cc1)C(=O)[C@H](OC(C)=O)[C@@H](OC(C)=O)C(=O)O.CCNCc1ccc(O)cc1.O=C(NCc1ccc(OCc2ccccc2)cc1)[C@H](O)[C@@H](O)C(=O)N1CCN(c2ccccc2)CC1.OCc1ccccc1.c1ccc(N2CCNCC2)cc1. The lowest BCUT2D eigenvalue weighted by Gasteiger charge is -2.37. The molecule has 0 aliphatic carbocycles. The number of nitrogens with zero attached hydrogens (tertiary/aromatic N) is 4. The fourth-order valence-corrected chi connectivity index (χ4v) is 11.1. The largest absolute Gasteiger partial charge is 0.508 e. The highest BCUT2D eigenvalue weighted by Gasteiger charge is 2.49. The molecule has 0 aromatic heterocycles. The lowest BCUT2D eigenvalue weighted by Crippen LogP contribution is -2.55. The summed E-state index contributed by atoms with van der Waals surface area (Å²) < 4.78 is 34.3. The highest BCUT2D eigenvalue weighted by molar-refractivity contribution is 6.01. The number of ether oxygens (including phenoxy) is 7. The number of likely N-dealkylation sites (N-methyl/N-ethyl adjacent to an activating group) is 1. The predicted molar refractivity (Wildman–Crippen MR) is 425 cm³/mol. The van der Waals surface area contributed by atoms with E-state index in [1.807, 2.05) is 133 Å². The maximum atomic E-state index is 13.0. The topological polar surface area (TPSA) is 386 Å². The number of carbonyl (C=O) groups is 10. The van der Waals surface area contributed by atoms with Crippen molar-refractivity contribution in [2.45, 2.75) is 118 Å². The standard InChI is InChI=1S/C28H31N3O5.C24H27NO8.C10H14N2.C9H13NO.C8H8O7.C7H8O/c32-25(26(33)28(35)31-17-15-30(16-18-31)23-9-5-2-6-10-23)27(34)29-19-21-11-13-24(14-12-21)36-20-22-7-3-1-4-8-22;1-4-25(23(28)21(32-16(2)26)22(24(29)30)33-17(3)27)14-18-10-12-20(13-11-18)31-15-19-8-6-5-7-9-19;1-2-4-10(5-3-1)12-8-6-11-7-9-12;1-2-10-7-8-3-5-9(11)6-4-8;1-3(9)13-5-6(14-4(2)10)8(12)15-7(5)11;8-6-7-4-2-1-3-5-7/h1-14,25-26,32-33H,15-20H2,(H,29,34);5-13,21-22H,4,14-15H2,1-3H3,(H,29,30);1-5,11H,6-9H2;3-6,10-11H,2,7H2,1H3;5-6H,1-2H3;1-5,8H,6H2/t25-,26-;21-,22-;;;5-,6-;/m11..1./s1. The molecule has 3 aliphatic rings. The number of benzene rings is 8. The third-order valence-corrected chi connectivity index (χ3v) is 17.1. The first-order chi connectivity index (χ1) is 55.4. The highest BCUT2D eigenvalue weighted by atomic mass is 16.7. The number of carboxylic acids is 1. The first-order valence-corrected chi connectivity index (χ1v) is 37.2. The Hall–Kier alpha value is -12.5. The smallest absolute Gasteiger partial charge is 0.359 e. The number of aliphatic carboxylic acids is 1. The minimum absolute atomic E-state index is 0.123. The van der Waals surface area contributed by atoms with Gasteiger partial charge in [0.25, 0.3) is 17.7 Å². The van der Waals surface area contributed by atoms with Gasteiger partial charge in [-0.05, 0) is 108 Å². The Bertz CT molecular complexity index is 4240. The van der Waals surface area contributed by atoms with E-state index >= 15 is 0 Å². The van der Waals surface area contributed by atoms with Gasteiger partial charge in [0.2, 0.25) is 24.4 Å². The van der Waals surface area contributed by atoms with Crippen molar-refractivity contribution in [2.24, 2.45) is 0 Å². The van der Waals surface area contributed by atoms with Crippen molar-refractivity contribution in [2.75, 3.05) is 75.2 Å². The van der Waals surface area contributed by atoms with Gasteiger partial charge in [0, 0.05) is 118 Å². The summed E-state index contributed by atoms with van der Waals surface area (Å²) in [6.07, 6.45) is -10.4. The predicted octanol–water partition coefficient (Wildman–Crippen LogP) is 7.22. The number of aromatic hydroxyl groups is 1. The van der Waals surface area contributed by atoms with Crippen LogP contribution in [-0.2, 0) is 111 Å². The molecule has 0 unspecified atom stereocenters. The molecule has 0 spiro atoms. The Kier molecular flexibility index (Phi) is 39.5. The number of phenolic OH excluding ortho intramolecular Hbond substituents is 1. The van der Waals surface area contributed by atoms with Crippen molar-refractivity contribution in [3.05, 3.63) is 258 Å². The minimum atomic E-state index is -1.96. The van der Waals surface area contributed by atoms with E-state index in [1.165, 1.54) is 21.1 Å². The summed E-state index contributed by atoms with van der Waals surface area (Å²) in [5, 5.41) is 56.7. The molecule has 6 atom stereocenters. The zero-order chi connectivity index (χ0) is 83.4. The second-order valence-corrected chi connectivity index (χ2v) is 25.8. The number of hydrogen-bond acceptors (Lipinski definition) is 25. The van der Waals surface area contributed by atoms with Gasteiger partial charge in [0.15, 0.2) is 12.2 Å². The van der Waals surface area contributed by atoms with Gasteiger partial charge >= 0.3 is 41.8 Å². The molecule has 612 valence electrons. The summed E-state index contributed by atoms with van der Waals surface area (Å²) in [4.78, 5) is 123. The number of cyclic esters (lactones) is 2. The van der Waals surface area contributed by atoms with Crippen molar-refractivity contribution < 1.29 is 107 Å². The molecule has 0 radical (unpaired) electrons. The summed E-state index contributed by atoms with van der Waals surface area (Å²) >= 11 is 0.